The van der Waals surface area contributed by atoms with Gasteiger partial charge in [-0.25, -0.2) is 0 Å². The molecule has 21 heavy (non-hydrogen) atoms. The van der Waals surface area contributed by atoms with Gasteiger partial charge in [-0.2, -0.15) is 13.2 Å². The number of benzene rings is 1. The minimum absolute atomic E-state index is 0. The fraction of sp³-hybridized carbons (Fsp3) is 0.571. The molecule has 0 radical (unpaired) electrons. The van der Waals surface area contributed by atoms with Crippen molar-refractivity contribution < 1.29 is 13.2 Å². The van der Waals surface area contributed by atoms with Crippen molar-refractivity contribution in [2.75, 3.05) is 26.2 Å². The summed E-state index contributed by atoms with van der Waals surface area (Å²) in [6, 6.07) is 7.43. The van der Waals surface area contributed by atoms with E-state index in [0.29, 0.717) is 0 Å². The molecule has 0 spiro atoms. The van der Waals surface area contributed by atoms with Gasteiger partial charge in [-0.15, -0.1) is 12.4 Å². The van der Waals surface area contributed by atoms with Gasteiger partial charge in [-0.3, -0.25) is 4.90 Å². The Hall–Kier alpha value is -0.300. The van der Waals surface area contributed by atoms with Gasteiger partial charge >= 0.3 is 6.18 Å². The number of alkyl halides is 3. The van der Waals surface area contributed by atoms with Gasteiger partial charge in [0.1, 0.15) is 0 Å². The third-order valence-corrected chi connectivity index (χ3v) is 4.02. The molecule has 1 N–H and O–H groups in total. The zero-order valence-corrected chi connectivity index (χ0v) is 13.9. The highest BCUT2D eigenvalue weighted by Crippen LogP contribution is 2.32. The van der Waals surface area contributed by atoms with Crippen LogP contribution in [0.4, 0.5) is 13.2 Å². The van der Waals surface area contributed by atoms with Gasteiger partial charge in [0.15, 0.2) is 0 Å². The summed E-state index contributed by atoms with van der Waals surface area (Å²) >= 11 is 3.39. The van der Waals surface area contributed by atoms with Gasteiger partial charge in [0.05, 0.1) is 0 Å². The third kappa shape index (κ3) is 6.14. The van der Waals surface area contributed by atoms with Crippen molar-refractivity contribution in [2.45, 2.75) is 25.1 Å². The SMILES string of the molecule is Cl.FC(F)(F)CC[C@H](c1cccc(Br)c1)N1CCNCC1. The fourth-order valence-electron chi connectivity index (χ4n) is 2.57. The van der Waals surface area contributed by atoms with Crippen LogP contribution in [0.2, 0.25) is 0 Å². The first-order valence-electron chi connectivity index (χ1n) is 6.73. The number of nitrogens with zero attached hydrogens (tertiary/aromatic N) is 1. The summed E-state index contributed by atoms with van der Waals surface area (Å²) in [5.41, 5.74) is 0.950. The Morgan fingerprint density at radius 3 is 2.48 bits per heavy atom. The molecule has 2 nitrogen and oxygen atoms in total. The van der Waals surface area contributed by atoms with Crippen molar-refractivity contribution in [3.8, 4) is 0 Å². The summed E-state index contributed by atoms with van der Waals surface area (Å²) in [4.78, 5) is 2.14. The summed E-state index contributed by atoms with van der Waals surface area (Å²) in [5.74, 6) is 0. The average molecular weight is 388 g/mol. The van der Waals surface area contributed by atoms with Crippen molar-refractivity contribution in [3.63, 3.8) is 0 Å². The van der Waals surface area contributed by atoms with E-state index in [2.05, 4.69) is 26.1 Å². The van der Waals surface area contributed by atoms with Gasteiger partial charge in [-0.05, 0) is 24.1 Å². The zero-order valence-electron chi connectivity index (χ0n) is 11.5. The Kier molecular flexibility index (Phi) is 7.47. The summed E-state index contributed by atoms with van der Waals surface area (Å²) in [7, 11) is 0. The van der Waals surface area contributed by atoms with Crippen LogP contribution < -0.4 is 5.32 Å². The maximum Gasteiger partial charge on any atom is 0.389 e. The Labute approximate surface area is 137 Å². The Balaban J connectivity index is 0.00000220. The molecule has 0 amide bonds. The lowest BCUT2D eigenvalue weighted by Crippen LogP contribution is -2.45. The molecule has 0 aromatic heterocycles. The van der Waals surface area contributed by atoms with E-state index in [1.165, 1.54) is 0 Å². The minimum atomic E-state index is -4.10. The van der Waals surface area contributed by atoms with E-state index in [1.54, 1.807) is 0 Å². The Morgan fingerprint density at radius 2 is 1.90 bits per heavy atom. The number of nitrogens with one attached hydrogen (secondary N) is 1. The van der Waals surface area contributed by atoms with Crippen LogP contribution in [0.25, 0.3) is 0 Å². The monoisotopic (exact) mass is 386 g/mol. The highest BCUT2D eigenvalue weighted by molar-refractivity contribution is 9.10. The molecule has 1 aliphatic rings. The lowest BCUT2D eigenvalue weighted by atomic mass is 9.99. The second kappa shape index (κ2) is 8.36. The topological polar surface area (TPSA) is 15.3 Å². The molecule has 1 heterocycles. The van der Waals surface area contributed by atoms with Crippen molar-refractivity contribution >= 4 is 28.3 Å². The van der Waals surface area contributed by atoms with Crippen molar-refractivity contribution in [1.29, 1.82) is 0 Å². The van der Waals surface area contributed by atoms with Crippen LogP contribution in [0.5, 0.6) is 0 Å². The summed E-state index contributed by atoms with van der Waals surface area (Å²) in [6.07, 6.45) is -4.73. The lowest BCUT2D eigenvalue weighted by Gasteiger charge is -2.35. The lowest BCUT2D eigenvalue weighted by molar-refractivity contribution is -0.138. The van der Waals surface area contributed by atoms with Crippen LogP contribution in [0, 0.1) is 0 Å². The van der Waals surface area contributed by atoms with Gasteiger partial charge < -0.3 is 5.32 Å². The predicted octanol–water partition coefficient (Wildman–Crippen LogP) is 4.16. The first-order valence-corrected chi connectivity index (χ1v) is 7.52. The molecular weight excluding hydrogens is 369 g/mol. The molecule has 1 atom stereocenters. The number of rotatable bonds is 4. The van der Waals surface area contributed by atoms with Gasteiger partial charge in [0, 0.05) is 43.1 Å². The summed E-state index contributed by atoms with van der Waals surface area (Å²) in [6.45, 7) is 3.23. The zero-order chi connectivity index (χ0) is 14.6. The standard InChI is InChI=1S/C14H18BrF3N2.ClH/c15-12-3-1-2-11(10-12)13(4-5-14(16,17)18)20-8-6-19-7-9-20;/h1-3,10,13,19H,4-9H2;1H/t13-;/m1./s1. The van der Waals surface area contributed by atoms with E-state index < -0.39 is 12.6 Å². The molecule has 0 aliphatic carbocycles. The smallest absolute Gasteiger partial charge is 0.314 e. The van der Waals surface area contributed by atoms with Gasteiger partial charge in [-0.1, -0.05) is 28.1 Å². The van der Waals surface area contributed by atoms with Crippen LogP contribution in [0.15, 0.2) is 28.7 Å². The molecule has 0 bridgehead atoms. The van der Waals surface area contributed by atoms with Crippen LogP contribution in [0.3, 0.4) is 0 Å². The number of halogens is 5. The van der Waals surface area contributed by atoms with E-state index in [0.717, 1.165) is 36.2 Å². The largest absolute Gasteiger partial charge is 0.389 e. The number of hydrogen-bond acceptors (Lipinski definition) is 2. The average Bonchev–Trinajstić information content (AvgIpc) is 2.39. The first-order chi connectivity index (χ1) is 9.46. The predicted molar refractivity (Wildman–Crippen MR) is 83.9 cm³/mol. The molecule has 0 saturated carbocycles. The van der Waals surface area contributed by atoms with Crippen molar-refractivity contribution in [3.05, 3.63) is 34.3 Å². The van der Waals surface area contributed by atoms with Crippen LogP contribution in [-0.4, -0.2) is 37.3 Å². The normalized spacial score (nSPS) is 18.1. The van der Waals surface area contributed by atoms with E-state index >= 15 is 0 Å². The molecule has 1 fully saturated rings. The molecule has 2 rings (SSSR count). The summed E-state index contributed by atoms with van der Waals surface area (Å²) < 4.78 is 38.5. The third-order valence-electron chi connectivity index (χ3n) is 3.53. The van der Waals surface area contributed by atoms with Crippen LogP contribution >= 0.6 is 28.3 Å². The van der Waals surface area contributed by atoms with E-state index in [1.807, 2.05) is 24.3 Å². The van der Waals surface area contributed by atoms with Crippen molar-refractivity contribution in [2.24, 2.45) is 0 Å². The second-order valence-electron chi connectivity index (χ2n) is 5.01. The Bertz CT molecular complexity index is 436. The second-order valence-corrected chi connectivity index (χ2v) is 5.93. The van der Waals surface area contributed by atoms with Gasteiger partial charge in [0.25, 0.3) is 0 Å². The highest BCUT2D eigenvalue weighted by Gasteiger charge is 2.31. The van der Waals surface area contributed by atoms with Gasteiger partial charge in [0.2, 0.25) is 0 Å². The highest BCUT2D eigenvalue weighted by atomic mass is 79.9. The number of hydrogen-bond donors (Lipinski definition) is 1. The number of piperazine rings is 1. The van der Waals surface area contributed by atoms with E-state index in [4.69, 9.17) is 0 Å². The molecule has 1 aliphatic heterocycles. The van der Waals surface area contributed by atoms with Crippen LogP contribution in [-0.2, 0) is 0 Å². The molecule has 1 aromatic rings. The maximum atomic E-state index is 12.5. The molecule has 1 saturated heterocycles. The summed E-state index contributed by atoms with van der Waals surface area (Å²) in [5, 5.41) is 3.23. The molecule has 0 unspecified atom stereocenters. The first kappa shape index (κ1) is 18.7. The quantitative estimate of drug-likeness (QED) is 0.834. The molecular formula is C14H19BrClF3N2. The fourth-order valence-corrected chi connectivity index (χ4v) is 2.99. The maximum absolute atomic E-state index is 12.5. The van der Waals surface area contributed by atoms with E-state index in [-0.39, 0.29) is 24.9 Å². The molecule has 1 aromatic carbocycles. The van der Waals surface area contributed by atoms with Crippen molar-refractivity contribution in [1.82, 2.24) is 10.2 Å². The molecule has 120 valence electrons. The minimum Gasteiger partial charge on any atom is -0.314 e. The molecule has 7 heteroatoms. The van der Waals surface area contributed by atoms with E-state index in [9.17, 15) is 13.2 Å². The Morgan fingerprint density at radius 1 is 1.24 bits per heavy atom. The van der Waals surface area contributed by atoms with Crippen LogP contribution in [0.1, 0.15) is 24.4 Å².